The van der Waals surface area contributed by atoms with Crippen LogP contribution >= 0.6 is 23.1 Å². The summed E-state index contributed by atoms with van der Waals surface area (Å²) in [5.41, 5.74) is 5.40. The van der Waals surface area contributed by atoms with Crippen LogP contribution in [0.15, 0.2) is 27.6 Å². The van der Waals surface area contributed by atoms with Gasteiger partial charge < -0.3 is 11.1 Å². The number of carbonyl (C=O) groups excluding carboxylic acids is 1. The minimum absolute atomic E-state index is 0.124. The average Bonchev–Trinajstić information content (AvgIpc) is 3.05. The van der Waals surface area contributed by atoms with Crippen molar-refractivity contribution in [3.8, 4) is 0 Å². The predicted octanol–water partition coefficient (Wildman–Crippen LogP) is 0.187. The van der Waals surface area contributed by atoms with Crippen molar-refractivity contribution in [3.63, 3.8) is 0 Å². The number of aromatic amines is 1. The third-order valence-corrected chi connectivity index (χ3v) is 4.03. The molecule has 21 heavy (non-hydrogen) atoms. The zero-order valence-electron chi connectivity index (χ0n) is 10.4. The van der Waals surface area contributed by atoms with Gasteiger partial charge in [-0.15, -0.1) is 21.5 Å². The van der Waals surface area contributed by atoms with E-state index in [4.69, 9.17) is 5.73 Å². The van der Waals surface area contributed by atoms with Crippen molar-refractivity contribution in [2.24, 2.45) is 0 Å². The van der Waals surface area contributed by atoms with Crippen molar-refractivity contribution in [3.05, 3.63) is 28.0 Å². The van der Waals surface area contributed by atoms with Gasteiger partial charge in [0.25, 0.3) is 5.56 Å². The Bertz CT molecular complexity index is 839. The van der Waals surface area contributed by atoms with E-state index in [0.717, 1.165) is 11.8 Å². The lowest BCUT2D eigenvalue weighted by molar-refractivity contribution is -0.113. The SMILES string of the molecule is Nc1cc(=O)[nH]c2nnc(SCC(=O)Nc3nccs3)n12. The summed E-state index contributed by atoms with van der Waals surface area (Å²) in [4.78, 5) is 29.5. The summed E-state index contributed by atoms with van der Waals surface area (Å²) in [6.45, 7) is 0. The van der Waals surface area contributed by atoms with E-state index in [2.05, 4.69) is 25.5 Å². The van der Waals surface area contributed by atoms with E-state index in [0.29, 0.717) is 10.3 Å². The molecule has 0 radical (unpaired) electrons. The molecule has 1 amide bonds. The van der Waals surface area contributed by atoms with Crippen LogP contribution < -0.4 is 16.6 Å². The zero-order chi connectivity index (χ0) is 14.8. The Balaban J connectivity index is 1.74. The Morgan fingerprint density at radius 3 is 3.14 bits per heavy atom. The molecule has 11 heteroatoms. The van der Waals surface area contributed by atoms with Gasteiger partial charge in [0.15, 0.2) is 10.3 Å². The second-order valence-electron chi connectivity index (χ2n) is 3.87. The number of rotatable bonds is 4. The first-order chi connectivity index (χ1) is 10.1. The van der Waals surface area contributed by atoms with Gasteiger partial charge in [0, 0.05) is 17.6 Å². The zero-order valence-corrected chi connectivity index (χ0v) is 12.1. The average molecular weight is 323 g/mol. The maximum atomic E-state index is 11.8. The number of fused-ring (bicyclic) bond motifs is 1. The molecule has 0 aliphatic rings. The van der Waals surface area contributed by atoms with Crippen LogP contribution in [-0.2, 0) is 4.79 Å². The number of nitrogen functional groups attached to an aromatic ring is 1. The number of aromatic nitrogens is 5. The van der Waals surface area contributed by atoms with Crippen LogP contribution in [0, 0.1) is 0 Å². The molecule has 0 saturated heterocycles. The van der Waals surface area contributed by atoms with Crippen LogP contribution in [0.5, 0.6) is 0 Å². The normalized spacial score (nSPS) is 10.9. The van der Waals surface area contributed by atoms with Gasteiger partial charge >= 0.3 is 0 Å². The molecular weight excluding hydrogens is 314 g/mol. The van der Waals surface area contributed by atoms with Gasteiger partial charge in [-0.1, -0.05) is 11.8 Å². The van der Waals surface area contributed by atoms with Crippen LogP contribution in [-0.4, -0.2) is 36.2 Å². The Labute approximate surface area is 125 Å². The van der Waals surface area contributed by atoms with Crippen LogP contribution in [0.2, 0.25) is 0 Å². The lowest BCUT2D eigenvalue weighted by Crippen LogP contribution is -2.14. The van der Waals surface area contributed by atoms with E-state index in [9.17, 15) is 9.59 Å². The van der Waals surface area contributed by atoms with E-state index < -0.39 is 0 Å². The molecule has 0 atom stereocenters. The molecule has 0 bridgehead atoms. The number of nitrogens with two attached hydrogens (primary N) is 1. The van der Waals surface area contributed by atoms with Crippen LogP contribution in [0.1, 0.15) is 0 Å². The first kappa shape index (κ1) is 13.6. The second kappa shape index (κ2) is 5.54. The Morgan fingerprint density at radius 1 is 1.52 bits per heavy atom. The molecule has 3 aromatic rings. The lowest BCUT2D eigenvalue weighted by Gasteiger charge is -2.02. The van der Waals surface area contributed by atoms with E-state index >= 15 is 0 Å². The molecule has 0 aliphatic heterocycles. The fourth-order valence-electron chi connectivity index (χ4n) is 1.59. The highest BCUT2D eigenvalue weighted by Gasteiger charge is 2.12. The number of anilines is 2. The maximum Gasteiger partial charge on any atom is 0.254 e. The van der Waals surface area contributed by atoms with Crippen molar-refractivity contribution in [1.82, 2.24) is 24.6 Å². The number of thiazole rings is 1. The molecule has 0 saturated carbocycles. The number of hydrogen-bond acceptors (Lipinski definition) is 8. The molecule has 0 fully saturated rings. The van der Waals surface area contributed by atoms with E-state index in [-0.39, 0.29) is 28.8 Å². The molecule has 3 heterocycles. The number of amides is 1. The first-order valence-corrected chi connectivity index (χ1v) is 7.56. The number of H-pyrrole nitrogens is 1. The standard InChI is InChI=1S/C10H9N7O2S2/c11-5-3-6(18)13-8-15-16-10(17(5)8)21-4-7(19)14-9-12-1-2-20-9/h1-3H,4,11H2,(H,12,14,19)(H,13,15,18). The summed E-state index contributed by atoms with van der Waals surface area (Å²) < 4.78 is 1.47. The Kier molecular flexibility index (Phi) is 3.58. The Morgan fingerprint density at radius 2 is 2.38 bits per heavy atom. The van der Waals surface area contributed by atoms with Crippen LogP contribution in [0.3, 0.4) is 0 Å². The van der Waals surface area contributed by atoms with Gasteiger partial charge in [-0.2, -0.15) is 0 Å². The summed E-state index contributed by atoms with van der Waals surface area (Å²) >= 11 is 2.49. The topological polar surface area (TPSA) is 131 Å². The highest BCUT2D eigenvalue weighted by molar-refractivity contribution is 7.99. The van der Waals surface area contributed by atoms with Crippen LogP contribution in [0.25, 0.3) is 5.78 Å². The summed E-state index contributed by atoms with van der Waals surface area (Å²) in [6.07, 6.45) is 1.61. The highest BCUT2D eigenvalue weighted by atomic mass is 32.2. The van der Waals surface area contributed by atoms with Gasteiger partial charge in [-0.05, 0) is 0 Å². The van der Waals surface area contributed by atoms with Gasteiger partial charge in [0.2, 0.25) is 11.7 Å². The maximum absolute atomic E-state index is 11.8. The fourth-order valence-corrected chi connectivity index (χ4v) is 2.89. The van der Waals surface area contributed by atoms with Gasteiger partial charge in [0.05, 0.1) is 5.75 Å². The van der Waals surface area contributed by atoms with E-state index in [1.807, 2.05) is 0 Å². The first-order valence-electron chi connectivity index (χ1n) is 5.69. The molecule has 0 spiro atoms. The van der Waals surface area contributed by atoms with E-state index in [1.54, 1.807) is 11.6 Å². The third-order valence-electron chi connectivity index (χ3n) is 2.42. The minimum Gasteiger partial charge on any atom is -0.385 e. The van der Waals surface area contributed by atoms with Gasteiger partial charge in [0.1, 0.15) is 5.82 Å². The summed E-state index contributed by atoms with van der Waals surface area (Å²) in [6, 6.07) is 1.23. The predicted molar refractivity (Wildman–Crippen MR) is 79.5 cm³/mol. The quantitative estimate of drug-likeness (QED) is 0.584. The summed E-state index contributed by atoms with van der Waals surface area (Å²) in [5, 5.41) is 13.1. The number of hydrogen-bond donors (Lipinski definition) is 3. The smallest absolute Gasteiger partial charge is 0.254 e. The second-order valence-corrected chi connectivity index (χ2v) is 5.71. The number of nitrogens with zero attached hydrogens (tertiary/aromatic N) is 4. The Hall–Kier alpha value is -2.40. The summed E-state index contributed by atoms with van der Waals surface area (Å²) in [7, 11) is 0. The molecule has 3 aromatic heterocycles. The summed E-state index contributed by atoms with van der Waals surface area (Å²) in [5.74, 6) is 0.359. The van der Waals surface area contributed by atoms with Gasteiger partial charge in [-0.3, -0.25) is 14.6 Å². The fraction of sp³-hybridized carbons (Fsp3) is 0.100. The molecule has 0 unspecified atom stereocenters. The van der Waals surface area contributed by atoms with Crippen molar-refractivity contribution < 1.29 is 4.79 Å². The number of nitrogens with one attached hydrogen (secondary N) is 2. The molecule has 108 valence electrons. The lowest BCUT2D eigenvalue weighted by atomic mass is 10.6. The van der Waals surface area contributed by atoms with Crippen molar-refractivity contribution in [1.29, 1.82) is 0 Å². The molecule has 4 N–H and O–H groups in total. The molecular formula is C10H9N7O2S2. The number of thioether (sulfide) groups is 1. The third kappa shape index (κ3) is 2.87. The molecule has 3 rings (SSSR count). The number of carbonyl (C=O) groups is 1. The largest absolute Gasteiger partial charge is 0.385 e. The van der Waals surface area contributed by atoms with Crippen molar-refractivity contribution in [2.75, 3.05) is 16.8 Å². The molecule has 0 aliphatic carbocycles. The molecule has 9 nitrogen and oxygen atoms in total. The van der Waals surface area contributed by atoms with Gasteiger partial charge in [-0.25, -0.2) is 9.38 Å². The monoisotopic (exact) mass is 323 g/mol. The van der Waals surface area contributed by atoms with Crippen molar-refractivity contribution >= 4 is 45.7 Å². The van der Waals surface area contributed by atoms with E-state index in [1.165, 1.54) is 21.8 Å². The highest BCUT2D eigenvalue weighted by Crippen LogP contribution is 2.19. The molecule has 0 aromatic carbocycles. The van der Waals surface area contributed by atoms with Crippen LogP contribution in [0.4, 0.5) is 10.9 Å². The van der Waals surface area contributed by atoms with Crippen molar-refractivity contribution in [2.45, 2.75) is 5.16 Å². The minimum atomic E-state index is -0.356.